The van der Waals surface area contributed by atoms with Crippen LogP contribution in [0.5, 0.6) is 0 Å². The quantitative estimate of drug-likeness (QED) is 0.742. The highest BCUT2D eigenvalue weighted by Gasteiger charge is 2.27. The van der Waals surface area contributed by atoms with Crippen molar-refractivity contribution in [2.45, 2.75) is 69.7 Å². The van der Waals surface area contributed by atoms with E-state index in [1.54, 1.807) is 16.4 Å². The molecule has 1 heterocycles. The van der Waals surface area contributed by atoms with Gasteiger partial charge < -0.3 is 5.32 Å². The van der Waals surface area contributed by atoms with Gasteiger partial charge in [-0.1, -0.05) is 30.7 Å². The van der Waals surface area contributed by atoms with E-state index in [9.17, 15) is 13.2 Å². The average molecular weight is 441 g/mol. The van der Waals surface area contributed by atoms with Gasteiger partial charge in [-0.25, -0.2) is 8.42 Å². The molecule has 0 bridgehead atoms. The highest BCUT2D eigenvalue weighted by molar-refractivity contribution is 7.89. The number of amides is 1. The Labute approximate surface area is 185 Å². The third kappa shape index (κ3) is 4.70. The summed E-state index contributed by atoms with van der Waals surface area (Å²) in [4.78, 5) is 13.3. The van der Waals surface area contributed by atoms with Gasteiger partial charge >= 0.3 is 0 Å². The minimum atomic E-state index is -3.57. The van der Waals surface area contributed by atoms with Crippen LogP contribution in [0.15, 0.2) is 41.3 Å². The maximum absolute atomic E-state index is 13.1. The van der Waals surface area contributed by atoms with Gasteiger partial charge in [0.2, 0.25) is 10.0 Å². The minimum Gasteiger partial charge on any atom is -0.346 e. The zero-order chi connectivity index (χ0) is 22.0. The number of benzene rings is 2. The topological polar surface area (TPSA) is 66.5 Å². The molecule has 1 saturated heterocycles. The molecule has 2 aliphatic rings. The van der Waals surface area contributed by atoms with Crippen LogP contribution in [0, 0.1) is 6.92 Å². The lowest BCUT2D eigenvalue weighted by Crippen LogP contribution is -2.35. The molecule has 0 radical (unpaired) electrons. The van der Waals surface area contributed by atoms with Crippen molar-refractivity contribution >= 4 is 15.9 Å². The van der Waals surface area contributed by atoms with Gasteiger partial charge in [0.25, 0.3) is 5.91 Å². The Morgan fingerprint density at radius 1 is 0.935 bits per heavy atom. The van der Waals surface area contributed by atoms with Gasteiger partial charge in [-0.05, 0) is 86.8 Å². The number of piperidine rings is 1. The Hall–Kier alpha value is -2.18. The number of fused-ring (bicyclic) bond motifs is 1. The molecule has 5 nitrogen and oxygen atoms in total. The summed E-state index contributed by atoms with van der Waals surface area (Å²) in [6.45, 7) is 4.92. The lowest BCUT2D eigenvalue weighted by molar-refractivity contribution is 0.0939. The fourth-order valence-corrected chi connectivity index (χ4v) is 6.18. The molecular weight excluding hydrogens is 408 g/mol. The van der Waals surface area contributed by atoms with Gasteiger partial charge in [-0.3, -0.25) is 4.79 Å². The molecule has 6 heteroatoms. The molecule has 1 unspecified atom stereocenters. The number of nitrogens with zero attached hydrogens (tertiary/aromatic N) is 1. The van der Waals surface area contributed by atoms with Gasteiger partial charge in [0.15, 0.2) is 0 Å². The summed E-state index contributed by atoms with van der Waals surface area (Å²) >= 11 is 0. The molecule has 2 aromatic carbocycles. The van der Waals surface area contributed by atoms with Crippen LogP contribution in [-0.4, -0.2) is 31.7 Å². The summed E-state index contributed by atoms with van der Waals surface area (Å²) in [5, 5.41) is 3.07. The fourth-order valence-electron chi connectivity index (χ4n) is 4.64. The summed E-state index contributed by atoms with van der Waals surface area (Å²) in [6, 6.07) is 11.2. The normalized spacial score (nSPS) is 18.3. The van der Waals surface area contributed by atoms with E-state index in [1.807, 2.05) is 13.8 Å². The number of rotatable bonds is 5. The molecule has 2 aromatic rings. The molecule has 0 aromatic heterocycles. The van der Waals surface area contributed by atoms with E-state index in [2.05, 4.69) is 23.5 Å². The highest BCUT2D eigenvalue weighted by Crippen LogP contribution is 2.26. The maximum Gasteiger partial charge on any atom is 0.252 e. The van der Waals surface area contributed by atoms with Crippen LogP contribution < -0.4 is 5.32 Å². The van der Waals surface area contributed by atoms with Crippen molar-refractivity contribution in [1.29, 1.82) is 0 Å². The Morgan fingerprint density at radius 3 is 2.39 bits per heavy atom. The summed E-state index contributed by atoms with van der Waals surface area (Å²) in [5.74, 6) is -0.238. The Morgan fingerprint density at radius 2 is 1.65 bits per heavy atom. The number of aryl methyl sites for hydroxylation is 3. The van der Waals surface area contributed by atoms with Crippen LogP contribution in [0.3, 0.4) is 0 Å². The first-order chi connectivity index (χ1) is 14.9. The number of carbonyl (C=O) groups is 1. The molecule has 0 saturated carbocycles. The molecule has 1 aliphatic heterocycles. The first-order valence-corrected chi connectivity index (χ1v) is 12.8. The van der Waals surface area contributed by atoms with E-state index in [4.69, 9.17) is 0 Å². The van der Waals surface area contributed by atoms with E-state index in [1.165, 1.54) is 30.0 Å². The van der Waals surface area contributed by atoms with Crippen molar-refractivity contribution in [3.05, 3.63) is 64.2 Å². The second kappa shape index (κ2) is 9.13. The van der Waals surface area contributed by atoms with Gasteiger partial charge in [0, 0.05) is 18.7 Å². The summed E-state index contributed by atoms with van der Waals surface area (Å²) < 4.78 is 27.6. The van der Waals surface area contributed by atoms with Gasteiger partial charge in [-0.2, -0.15) is 4.31 Å². The van der Waals surface area contributed by atoms with E-state index < -0.39 is 10.0 Å². The van der Waals surface area contributed by atoms with Gasteiger partial charge in [-0.15, -0.1) is 0 Å². The van der Waals surface area contributed by atoms with Crippen LogP contribution in [0.4, 0.5) is 0 Å². The summed E-state index contributed by atoms with van der Waals surface area (Å²) in [7, 11) is -3.57. The van der Waals surface area contributed by atoms with Crippen molar-refractivity contribution in [3.63, 3.8) is 0 Å². The molecule has 4 rings (SSSR count). The number of carbonyl (C=O) groups excluding carboxylic acids is 1. The maximum atomic E-state index is 13.1. The largest absolute Gasteiger partial charge is 0.346 e. The van der Waals surface area contributed by atoms with Crippen molar-refractivity contribution in [3.8, 4) is 0 Å². The molecule has 0 spiro atoms. The lowest BCUT2D eigenvalue weighted by atomic mass is 9.89. The van der Waals surface area contributed by atoms with Crippen LogP contribution in [0.1, 0.15) is 77.7 Å². The zero-order valence-corrected chi connectivity index (χ0v) is 19.3. The molecule has 1 aliphatic carbocycles. The van der Waals surface area contributed by atoms with Gasteiger partial charge in [0.05, 0.1) is 10.9 Å². The van der Waals surface area contributed by atoms with E-state index in [0.717, 1.165) is 43.2 Å². The first kappa shape index (κ1) is 22.0. The number of hydrogen-bond donors (Lipinski definition) is 1. The molecule has 1 fully saturated rings. The van der Waals surface area contributed by atoms with E-state index in [0.29, 0.717) is 18.7 Å². The Kier molecular flexibility index (Phi) is 6.49. The smallest absolute Gasteiger partial charge is 0.252 e. The molecule has 1 atom stereocenters. The number of nitrogens with one attached hydrogen (secondary N) is 1. The zero-order valence-electron chi connectivity index (χ0n) is 18.5. The predicted octanol–water partition coefficient (Wildman–Crippen LogP) is 4.54. The highest BCUT2D eigenvalue weighted by atomic mass is 32.2. The van der Waals surface area contributed by atoms with Gasteiger partial charge in [0.1, 0.15) is 0 Å². The second-order valence-electron chi connectivity index (χ2n) is 8.87. The lowest BCUT2D eigenvalue weighted by Gasteiger charge is -2.26. The Bertz CT molecular complexity index is 1070. The molecule has 31 heavy (non-hydrogen) atoms. The van der Waals surface area contributed by atoms with E-state index >= 15 is 0 Å². The minimum absolute atomic E-state index is 0.151. The Balaban J connectivity index is 1.53. The molecule has 166 valence electrons. The monoisotopic (exact) mass is 440 g/mol. The van der Waals surface area contributed by atoms with E-state index in [-0.39, 0.29) is 16.8 Å². The average Bonchev–Trinajstić information content (AvgIpc) is 2.79. The van der Waals surface area contributed by atoms with Crippen molar-refractivity contribution in [2.75, 3.05) is 13.1 Å². The fraction of sp³-hybridized carbons (Fsp3) is 0.480. The standard InChI is InChI=1S/C25H32N2O3S/c1-18-10-13-23(31(29,30)27-14-6-3-7-15-27)17-24(18)25(28)26-19(2)21-12-11-20-8-4-5-9-22(20)16-21/h10-13,16-17,19H,3-9,14-15H2,1-2H3,(H,26,28). The third-order valence-corrected chi connectivity index (χ3v) is 8.52. The molecule has 1 N–H and O–H groups in total. The molecular formula is C25H32N2O3S. The predicted molar refractivity (Wildman–Crippen MR) is 123 cm³/mol. The first-order valence-electron chi connectivity index (χ1n) is 11.4. The SMILES string of the molecule is Cc1ccc(S(=O)(=O)N2CCCCC2)cc1C(=O)NC(C)c1ccc2c(c1)CCCC2. The van der Waals surface area contributed by atoms with Crippen molar-refractivity contribution in [2.24, 2.45) is 0 Å². The third-order valence-electron chi connectivity index (χ3n) is 6.63. The summed E-state index contributed by atoms with van der Waals surface area (Å²) in [5.41, 5.74) is 5.08. The van der Waals surface area contributed by atoms with Crippen LogP contribution >= 0.6 is 0 Å². The number of hydrogen-bond acceptors (Lipinski definition) is 3. The molecule has 1 amide bonds. The number of sulfonamides is 1. The van der Waals surface area contributed by atoms with Crippen LogP contribution in [0.25, 0.3) is 0 Å². The van der Waals surface area contributed by atoms with Crippen molar-refractivity contribution < 1.29 is 13.2 Å². The summed E-state index contributed by atoms with van der Waals surface area (Å²) in [6.07, 6.45) is 7.53. The second-order valence-corrected chi connectivity index (χ2v) is 10.8. The van der Waals surface area contributed by atoms with Crippen molar-refractivity contribution in [1.82, 2.24) is 9.62 Å². The van der Waals surface area contributed by atoms with Crippen LogP contribution in [0.2, 0.25) is 0 Å². The van der Waals surface area contributed by atoms with Crippen LogP contribution in [-0.2, 0) is 22.9 Å².